The summed E-state index contributed by atoms with van der Waals surface area (Å²) in [5, 5.41) is 15.3. The average Bonchev–Trinajstić information content (AvgIpc) is 3.26. The number of methoxy groups -OCH3 is 3. The van der Waals surface area contributed by atoms with Crippen LogP contribution in [0.15, 0.2) is 103 Å². The van der Waals surface area contributed by atoms with Gasteiger partial charge < -0.3 is 38.9 Å². The van der Waals surface area contributed by atoms with Gasteiger partial charge in [-0.2, -0.15) is 4.73 Å². The van der Waals surface area contributed by atoms with Crippen LogP contribution in [0.3, 0.4) is 0 Å². The Kier molecular flexibility index (Phi) is 13.3. The summed E-state index contributed by atoms with van der Waals surface area (Å²) in [5.74, 6) is 1.61. The fraction of sp³-hybridized carbons (Fsp3) is 0.311. The summed E-state index contributed by atoms with van der Waals surface area (Å²) < 4.78 is 35.4. The number of amides is 1. The molecule has 0 aliphatic carbocycles. The van der Waals surface area contributed by atoms with Crippen LogP contribution < -0.4 is 29.0 Å². The number of alkyl carbamates (subject to hydrolysis) is 1. The minimum Gasteiger partial charge on any atom is -0.619 e. The molecule has 5 aromatic rings. The molecule has 14 heteroatoms. The molecule has 0 radical (unpaired) electrons. The Labute approximate surface area is 353 Å². The van der Waals surface area contributed by atoms with E-state index in [1.54, 1.807) is 36.4 Å². The standard InChI is InChI=1S/C45H45Cl2N3O9/c1-54-35-19-28(18-33(21-35)44(51)58-40(23-36-37(46)24-50(53)25-38(36)47)31-12-13-39(55-2)41(22-31)56-3)27-57-34-11-7-10-32(20-34)43(30-8-5-4-6-9-30)48-45(52)59-42-26-49-16-14-29(42)15-17-49/h4-13,18-22,24-25,29,40,42-43H,14-17,23,26-27H2,1-3H3,(H,48,52)/t40-,42-,43-/m0/s1. The number of hydrogen-bond donors (Lipinski definition) is 1. The van der Waals surface area contributed by atoms with Crippen molar-refractivity contribution >= 4 is 35.3 Å². The molecule has 1 N–H and O–H groups in total. The quantitative estimate of drug-likeness (QED) is 0.0624. The van der Waals surface area contributed by atoms with Crippen molar-refractivity contribution in [3.8, 4) is 23.0 Å². The van der Waals surface area contributed by atoms with Gasteiger partial charge in [0.1, 0.15) is 40.4 Å². The van der Waals surface area contributed by atoms with Crippen LogP contribution in [0, 0.1) is 11.1 Å². The molecule has 59 heavy (non-hydrogen) atoms. The molecule has 3 aliphatic rings. The van der Waals surface area contributed by atoms with E-state index in [1.807, 2.05) is 54.6 Å². The van der Waals surface area contributed by atoms with Crippen molar-refractivity contribution in [2.45, 2.75) is 44.1 Å². The molecule has 1 aromatic heterocycles. The molecular formula is C45H45Cl2N3O9. The highest BCUT2D eigenvalue weighted by molar-refractivity contribution is 6.35. The Hall–Kier alpha value is -5.69. The Bertz CT molecular complexity index is 2250. The number of rotatable bonds is 15. The van der Waals surface area contributed by atoms with Gasteiger partial charge >= 0.3 is 12.1 Å². The van der Waals surface area contributed by atoms with Crippen molar-refractivity contribution in [2.75, 3.05) is 41.0 Å². The number of piperidine rings is 3. The van der Waals surface area contributed by atoms with Crippen molar-refractivity contribution in [1.29, 1.82) is 0 Å². The zero-order valence-corrected chi connectivity index (χ0v) is 34.4. The number of carbonyl (C=O) groups excluding carboxylic acids is 2. The molecule has 1 amide bonds. The smallest absolute Gasteiger partial charge is 0.408 e. The molecule has 3 fully saturated rings. The summed E-state index contributed by atoms with van der Waals surface area (Å²) in [7, 11) is 4.53. The van der Waals surface area contributed by atoms with E-state index in [4.69, 9.17) is 51.6 Å². The van der Waals surface area contributed by atoms with Gasteiger partial charge in [0.2, 0.25) is 0 Å². The fourth-order valence-corrected chi connectivity index (χ4v) is 8.26. The lowest BCUT2D eigenvalue weighted by Gasteiger charge is -2.43. The highest BCUT2D eigenvalue weighted by Gasteiger charge is 2.37. The summed E-state index contributed by atoms with van der Waals surface area (Å²) in [4.78, 5) is 29.7. The lowest BCUT2D eigenvalue weighted by Crippen LogP contribution is -2.52. The normalized spacial score (nSPS) is 17.9. The highest BCUT2D eigenvalue weighted by atomic mass is 35.5. The molecule has 3 saturated heterocycles. The first kappa shape index (κ1) is 41.5. The lowest BCUT2D eigenvalue weighted by atomic mass is 9.86. The number of hydrogen-bond acceptors (Lipinski definition) is 10. The molecule has 3 aliphatic heterocycles. The molecule has 4 aromatic carbocycles. The van der Waals surface area contributed by atoms with Crippen LogP contribution in [0.25, 0.3) is 0 Å². The molecule has 4 heterocycles. The minimum absolute atomic E-state index is 0.0479. The summed E-state index contributed by atoms with van der Waals surface area (Å²) in [6, 6.07) is 26.9. The van der Waals surface area contributed by atoms with Gasteiger partial charge in [0.05, 0.1) is 32.9 Å². The van der Waals surface area contributed by atoms with E-state index in [-0.39, 0.29) is 34.7 Å². The van der Waals surface area contributed by atoms with Crippen LogP contribution in [0.2, 0.25) is 10.0 Å². The minimum atomic E-state index is -0.910. The van der Waals surface area contributed by atoms with Crippen molar-refractivity contribution in [3.05, 3.63) is 152 Å². The number of nitrogens with zero attached hydrogens (tertiary/aromatic N) is 2. The van der Waals surface area contributed by atoms with E-state index in [2.05, 4.69) is 10.2 Å². The molecule has 0 spiro atoms. The molecule has 308 valence electrons. The number of carbonyl (C=O) groups is 2. The number of esters is 1. The predicted octanol–water partition coefficient (Wildman–Crippen LogP) is 8.28. The average molecular weight is 843 g/mol. The summed E-state index contributed by atoms with van der Waals surface area (Å²) in [6.07, 6.45) is 3.01. The topological polar surface area (TPSA) is 132 Å². The van der Waals surface area contributed by atoms with Crippen molar-refractivity contribution in [2.24, 2.45) is 5.92 Å². The Morgan fingerprint density at radius 2 is 1.54 bits per heavy atom. The number of halogens is 2. The second-order valence-corrected chi connectivity index (χ2v) is 15.3. The van der Waals surface area contributed by atoms with E-state index < -0.39 is 24.2 Å². The Balaban J connectivity index is 1.09. The molecule has 3 atom stereocenters. The van der Waals surface area contributed by atoms with Crippen molar-refractivity contribution < 1.29 is 42.7 Å². The third-order valence-corrected chi connectivity index (χ3v) is 11.4. The van der Waals surface area contributed by atoms with Crippen molar-refractivity contribution in [3.63, 3.8) is 0 Å². The fourth-order valence-electron chi connectivity index (χ4n) is 7.66. The van der Waals surface area contributed by atoms with E-state index in [0.29, 0.717) is 50.3 Å². The maximum Gasteiger partial charge on any atom is 0.408 e. The summed E-state index contributed by atoms with van der Waals surface area (Å²) in [6.45, 7) is 2.95. The van der Waals surface area contributed by atoms with E-state index >= 15 is 0 Å². The molecular weight excluding hydrogens is 797 g/mol. The maximum atomic E-state index is 14.0. The third-order valence-electron chi connectivity index (χ3n) is 10.8. The second-order valence-electron chi connectivity index (χ2n) is 14.5. The zero-order valence-electron chi connectivity index (χ0n) is 32.9. The first-order valence-corrected chi connectivity index (χ1v) is 20.0. The third kappa shape index (κ3) is 10.1. The first-order chi connectivity index (χ1) is 28.6. The first-order valence-electron chi connectivity index (χ1n) is 19.3. The Morgan fingerprint density at radius 1 is 0.814 bits per heavy atom. The molecule has 8 rings (SSSR count). The van der Waals surface area contributed by atoms with Crippen LogP contribution in [0.1, 0.15) is 63.2 Å². The molecule has 2 bridgehead atoms. The molecule has 0 unspecified atom stereocenters. The van der Waals surface area contributed by atoms with Gasteiger partial charge in [0.15, 0.2) is 23.9 Å². The lowest BCUT2D eigenvalue weighted by molar-refractivity contribution is -0.605. The highest BCUT2D eigenvalue weighted by Crippen LogP contribution is 2.36. The Morgan fingerprint density at radius 3 is 2.22 bits per heavy atom. The largest absolute Gasteiger partial charge is 0.619 e. The SMILES string of the molecule is COc1cc(COc2cccc([C@@H](NC(=O)O[C@H]3CN4CCC3CC4)c3ccccc3)c2)cc(C(=O)O[C@@H](Cc2c(Cl)c[n+]([O-])cc2Cl)c2ccc(OC)c(OC)c2)c1. The van der Waals surface area contributed by atoms with Crippen LogP contribution in [0.4, 0.5) is 4.79 Å². The molecule has 12 nitrogen and oxygen atoms in total. The van der Waals surface area contributed by atoms with E-state index in [1.165, 1.54) is 33.7 Å². The second kappa shape index (κ2) is 18.9. The van der Waals surface area contributed by atoms with Gasteiger partial charge in [0, 0.05) is 18.5 Å². The van der Waals surface area contributed by atoms with Gasteiger partial charge in [-0.3, -0.25) is 4.90 Å². The predicted molar refractivity (Wildman–Crippen MR) is 221 cm³/mol. The number of ether oxygens (including phenoxy) is 6. The molecule has 0 saturated carbocycles. The van der Waals surface area contributed by atoms with E-state index in [9.17, 15) is 14.8 Å². The van der Waals surface area contributed by atoms with Gasteiger partial charge in [-0.25, -0.2) is 9.59 Å². The van der Waals surface area contributed by atoms with Crippen molar-refractivity contribution in [1.82, 2.24) is 10.2 Å². The monoisotopic (exact) mass is 841 g/mol. The van der Waals surface area contributed by atoms with Crippen LogP contribution in [-0.4, -0.2) is 64.0 Å². The number of benzene rings is 4. The maximum absolute atomic E-state index is 14.0. The van der Waals surface area contributed by atoms with Crippen LogP contribution in [0.5, 0.6) is 23.0 Å². The number of fused-ring (bicyclic) bond motifs is 3. The summed E-state index contributed by atoms with van der Waals surface area (Å²) in [5.41, 5.74) is 3.54. The van der Waals surface area contributed by atoms with Crippen LogP contribution in [-0.2, 0) is 22.5 Å². The summed E-state index contributed by atoms with van der Waals surface area (Å²) >= 11 is 12.9. The van der Waals surface area contributed by atoms with Gasteiger partial charge in [-0.1, -0.05) is 71.7 Å². The van der Waals surface area contributed by atoms with Gasteiger partial charge in [-0.05, 0) is 96.6 Å². The number of nitrogens with one attached hydrogen (secondary N) is 1. The van der Waals surface area contributed by atoms with Crippen LogP contribution >= 0.6 is 23.2 Å². The number of aromatic nitrogens is 1. The van der Waals surface area contributed by atoms with E-state index in [0.717, 1.165) is 43.6 Å². The zero-order chi connectivity index (χ0) is 41.5. The van der Waals surface area contributed by atoms with Gasteiger partial charge in [0.25, 0.3) is 0 Å². The number of pyridine rings is 1. The van der Waals surface area contributed by atoms with Gasteiger partial charge in [-0.15, -0.1) is 0 Å².